The summed E-state index contributed by atoms with van der Waals surface area (Å²) in [4.78, 5) is 49.5. The van der Waals surface area contributed by atoms with Crippen molar-refractivity contribution in [3.63, 3.8) is 0 Å². The zero-order chi connectivity index (χ0) is 19.1. The first kappa shape index (κ1) is 18.3. The topological polar surface area (TPSA) is 109 Å². The van der Waals surface area contributed by atoms with Crippen molar-refractivity contribution >= 4 is 52.4 Å². The lowest BCUT2D eigenvalue weighted by Crippen LogP contribution is -2.48. The van der Waals surface area contributed by atoms with Crippen LogP contribution in [0.1, 0.15) is 19.8 Å². The number of benzene rings is 1. The molecule has 2 heterocycles. The van der Waals surface area contributed by atoms with E-state index in [-0.39, 0.29) is 40.9 Å². The van der Waals surface area contributed by atoms with E-state index in [1.54, 1.807) is 6.92 Å². The second-order valence-electron chi connectivity index (χ2n) is 5.66. The van der Waals surface area contributed by atoms with Crippen LogP contribution in [0.3, 0.4) is 0 Å². The monoisotopic (exact) mass is 398 g/mol. The van der Waals surface area contributed by atoms with E-state index in [0.29, 0.717) is 5.12 Å². The fourth-order valence-corrected chi connectivity index (χ4v) is 3.22. The van der Waals surface area contributed by atoms with Crippen LogP contribution in [0, 0.1) is 4.91 Å². The lowest BCUT2D eigenvalue weighted by molar-refractivity contribution is -0.135. The first-order valence-electron chi connectivity index (χ1n) is 7.54. The van der Waals surface area contributed by atoms with Gasteiger partial charge in [0.05, 0.1) is 34.0 Å². The molecule has 0 aromatic heterocycles. The van der Waals surface area contributed by atoms with Crippen molar-refractivity contribution in [3.8, 4) is 0 Å². The summed E-state index contributed by atoms with van der Waals surface area (Å²) < 4.78 is 4.84. The molecule has 1 atom stereocenters. The van der Waals surface area contributed by atoms with Gasteiger partial charge in [0.2, 0.25) is 5.91 Å². The minimum Gasteiger partial charge on any atom is -0.461 e. The molecule has 0 saturated carbocycles. The molecule has 136 valence electrons. The Morgan fingerprint density at radius 3 is 2.65 bits per heavy atom. The third-order valence-electron chi connectivity index (χ3n) is 4.10. The smallest absolute Gasteiger partial charge is 0.354 e. The number of amides is 2. The Kier molecular flexibility index (Phi) is 4.68. The summed E-state index contributed by atoms with van der Waals surface area (Å²) in [6.45, 7) is 1.71. The van der Waals surface area contributed by atoms with Crippen LogP contribution in [0.4, 0.5) is 5.69 Å². The second-order valence-corrected chi connectivity index (χ2v) is 6.47. The van der Waals surface area contributed by atoms with Crippen LogP contribution in [-0.4, -0.2) is 40.8 Å². The lowest BCUT2D eigenvalue weighted by atomic mass is 9.92. The Balaban J connectivity index is 1.96. The zero-order valence-electron chi connectivity index (χ0n) is 13.4. The van der Waals surface area contributed by atoms with Crippen molar-refractivity contribution < 1.29 is 19.1 Å². The lowest BCUT2D eigenvalue weighted by Gasteiger charge is -2.24. The molecule has 11 heteroatoms. The third-order valence-corrected chi connectivity index (χ3v) is 4.84. The number of halogens is 2. The molecule has 0 aliphatic carbocycles. The number of carbonyl (C=O) groups excluding carboxylic acids is 3. The van der Waals surface area contributed by atoms with Crippen LogP contribution in [0.5, 0.6) is 0 Å². The van der Waals surface area contributed by atoms with Crippen molar-refractivity contribution in [2.24, 2.45) is 10.4 Å². The molecule has 1 aromatic carbocycles. The zero-order valence-corrected chi connectivity index (χ0v) is 15.0. The molecule has 1 fully saturated rings. The van der Waals surface area contributed by atoms with Gasteiger partial charge in [-0.3, -0.25) is 9.59 Å². The number of hydrogen-bond acceptors (Lipinski definition) is 7. The highest BCUT2D eigenvalue weighted by molar-refractivity contribution is 6.42. The van der Waals surface area contributed by atoms with Crippen LogP contribution < -0.4 is 4.90 Å². The largest absolute Gasteiger partial charge is 0.461 e. The maximum absolute atomic E-state index is 13.0. The summed E-state index contributed by atoms with van der Waals surface area (Å²) in [5.41, 5.74) is -1.64. The molecule has 26 heavy (non-hydrogen) atoms. The number of hydrogen-bond donors (Lipinski definition) is 0. The Hall–Kier alpha value is -2.52. The third kappa shape index (κ3) is 2.73. The van der Waals surface area contributed by atoms with Gasteiger partial charge in [-0.2, -0.15) is 0 Å². The molecule has 9 nitrogen and oxygen atoms in total. The molecule has 1 spiro atoms. The summed E-state index contributed by atoms with van der Waals surface area (Å²) in [6.07, 6.45) is -0.635. The normalized spacial score (nSPS) is 22.2. The van der Waals surface area contributed by atoms with E-state index in [1.807, 2.05) is 0 Å². The van der Waals surface area contributed by atoms with E-state index in [2.05, 4.69) is 10.4 Å². The van der Waals surface area contributed by atoms with Crippen molar-refractivity contribution in [1.82, 2.24) is 5.12 Å². The fourth-order valence-electron chi connectivity index (χ4n) is 2.92. The van der Waals surface area contributed by atoms with Crippen molar-refractivity contribution in [1.29, 1.82) is 0 Å². The average molecular weight is 399 g/mol. The molecule has 1 aromatic rings. The highest BCUT2D eigenvalue weighted by atomic mass is 35.5. The number of nitrogens with zero attached hydrogens (tertiary/aromatic N) is 4. The van der Waals surface area contributed by atoms with Crippen LogP contribution in [-0.2, 0) is 19.1 Å². The van der Waals surface area contributed by atoms with Gasteiger partial charge in [-0.15, -0.1) is 15.1 Å². The number of carbonyl (C=O) groups is 3. The number of anilines is 1. The minimum atomic E-state index is -1.69. The summed E-state index contributed by atoms with van der Waals surface area (Å²) in [6, 6.07) is 4.25. The molecule has 1 saturated heterocycles. The minimum absolute atomic E-state index is 0.0989. The Morgan fingerprint density at radius 1 is 1.31 bits per heavy atom. The molecule has 0 N–H and O–H groups in total. The van der Waals surface area contributed by atoms with Crippen molar-refractivity contribution in [3.05, 3.63) is 33.2 Å². The molecular weight excluding hydrogens is 387 g/mol. The van der Waals surface area contributed by atoms with E-state index in [0.717, 1.165) is 4.90 Å². The quantitative estimate of drug-likeness (QED) is 0.437. The number of rotatable bonds is 4. The SMILES string of the molecule is CCOC(=O)C1=NN(N=O)[C@@]2(CC(=O)N(c3ccc(Cl)c(Cl)c3)C2=O)C1. The second kappa shape index (κ2) is 6.65. The van der Waals surface area contributed by atoms with E-state index >= 15 is 0 Å². The maximum atomic E-state index is 13.0. The van der Waals surface area contributed by atoms with Gasteiger partial charge in [0.15, 0.2) is 11.3 Å². The highest BCUT2D eigenvalue weighted by Gasteiger charge is 2.61. The van der Waals surface area contributed by atoms with Crippen LogP contribution in [0.2, 0.25) is 10.0 Å². The highest BCUT2D eigenvalue weighted by Crippen LogP contribution is 2.41. The maximum Gasteiger partial charge on any atom is 0.354 e. The number of hydrazone groups is 1. The van der Waals surface area contributed by atoms with Gasteiger partial charge in [-0.05, 0) is 25.1 Å². The van der Waals surface area contributed by atoms with Gasteiger partial charge in [-0.1, -0.05) is 23.2 Å². The number of nitroso groups, excluding NO2 is 1. The molecule has 2 aliphatic rings. The van der Waals surface area contributed by atoms with Gasteiger partial charge in [0, 0.05) is 6.42 Å². The predicted molar refractivity (Wildman–Crippen MR) is 92.6 cm³/mol. The van der Waals surface area contributed by atoms with Gasteiger partial charge in [-0.25, -0.2) is 9.69 Å². The van der Waals surface area contributed by atoms with Crippen LogP contribution in [0.15, 0.2) is 28.6 Å². The molecule has 3 rings (SSSR count). The molecule has 0 bridgehead atoms. The fraction of sp³-hybridized carbons (Fsp3) is 0.333. The number of imide groups is 1. The van der Waals surface area contributed by atoms with Crippen molar-refractivity contribution in [2.75, 3.05) is 11.5 Å². The van der Waals surface area contributed by atoms with E-state index in [4.69, 9.17) is 27.9 Å². The van der Waals surface area contributed by atoms with E-state index < -0.39 is 23.3 Å². The van der Waals surface area contributed by atoms with Gasteiger partial charge in [0.1, 0.15) is 0 Å². The summed E-state index contributed by atoms with van der Waals surface area (Å²) in [5.74, 6) is -2.09. The van der Waals surface area contributed by atoms with Gasteiger partial charge >= 0.3 is 5.97 Å². The van der Waals surface area contributed by atoms with E-state index in [1.165, 1.54) is 18.2 Å². The molecule has 0 radical (unpaired) electrons. The standard InChI is InChI=1S/C15H12Cl2N4O5/c1-2-26-13(23)11-6-15(21(18-11)19-25)7-12(22)20(14(15)24)8-3-4-9(16)10(17)5-8/h3-5H,2,6-7H2,1H3/t15-/m1/s1. The summed E-state index contributed by atoms with van der Waals surface area (Å²) in [5, 5.41) is 7.44. The average Bonchev–Trinajstić information content (AvgIpc) is 3.09. The van der Waals surface area contributed by atoms with Gasteiger partial charge in [0.25, 0.3) is 5.91 Å². The Bertz CT molecular complexity index is 858. The Labute approximate surface area is 157 Å². The van der Waals surface area contributed by atoms with Gasteiger partial charge < -0.3 is 4.74 Å². The van der Waals surface area contributed by atoms with Crippen LogP contribution >= 0.6 is 23.2 Å². The first-order valence-corrected chi connectivity index (χ1v) is 8.30. The number of ether oxygens (including phenoxy) is 1. The predicted octanol–water partition coefficient (Wildman–Crippen LogP) is 2.30. The Morgan fingerprint density at radius 2 is 2.04 bits per heavy atom. The van der Waals surface area contributed by atoms with Crippen molar-refractivity contribution in [2.45, 2.75) is 25.3 Å². The summed E-state index contributed by atoms with van der Waals surface area (Å²) >= 11 is 11.8. The number of esters is 1. The molecular formula is C15H12Cl2N4O5. The van der Waals surface area contributed by atoms with E-state index in [9.17, 15) is 19.3 Å². The molecule has 2 amide bonds. The summed E-state index contributed by atoms with van der Waals surface area (Å²) in [7, 11) is 0. The van der Waals surface area contributed by atoms with Crippen LogP contribution in [0.25, 0.3) is 0 Å². The first-order chi connectivity index (χ1) is 12.3. The molecule has 0 unspecified atom stereocenters. The molecule has 2 aliphatic heterocycles.